The number of benzene rings is 2. The molecule has 0 unspecified atom stereocenters. The molecule has 0 saturated carbocycles. The van der Waals surface area contributed by atoms with Gasteiger partial charge in [-0.3, -0.25) is 4.90 Å². The molecule has 1 saturated heterocycles. The third-order valence-electron chi connectivity index (χ3n) is 5.54. The van der Waals surface area contributed by atoms with Crippen molar-refractivity contribution in [1.29, 1.82) is 0 Å². The van der Waals surface area contributed by atoms with Crippen LogP contribution in [0.25, 0.3) is 11.3 Å². The average molecular weight is 481 g/mol. The van der Waals surface area contributed by atoms with E-state index in [9.17, 15) is 0 Å². The second-order valence-corrected chi connectivity index (χ2v) is 8.09. The predicted octanol–water partition coefficient (Wildman–Crippen LogP) is 4.96. The number of hydrogen-bond acceptors (Lipinski definition) is 7. The Morgan fingerprint density at radius 3 is 2.86 bits per heavy atom. The summed E-state index contributed by atoms with van der Waals surface area (Å²) in [7, 11) is 0. The average Bonchev–Trinajstić information content (AvgIpc) is 3.43. The minimum atomic E-state index is -2.86. The molecule has 7 nitrogen and oxygen atoms in total. The number of nitrogens with zero attached hydrogens (tertiary/aromatic N) is 3. The highest BCUT2D eigenvalue weighted by Crippen LogP contribution is 2.26. The van der Waals surface area contributed by atoms with Crippen molar-refractivity contribution in [3.05, 3.63) is 78.0 Å². The summed E-state index contributed by atoms with van der Waals surface area (Å²) in [5, 5.41) is 3.03. The van der Waals surface area contributed by atoms with Crippen LogP contribution in [0.5, 0.6) is 5.75 Å². The molecule has 35 heavy (non-hydrogen) atoms. The van der Waals surface area contributed by atoms with Gasteiger partial charge in [0.1, 0.15) is 12.3 Å². The number of fused-ring (bicyclic) bond motifs is 7. The van der Waals surface area contributed by atoms with Crippen LogP contribution in [0.1, 0.15) is 34.9 Å². The molecule has 0 spiro atoms. The number of nitrogens with one attached hydrogen (secondary N) is 1. The summed E-state index contributed by atoms with van der Waals surface area (Å²) in [6.07, 6.45) is 5.05. The molecule has 182 valence electrons. The fourth-order valence-electron chi connectivity index (χ4n) is 3.81. The summed E-state index contributed by atoms with van der Waals surface area (Å²) in [6, 6.07) is 13.1. The molecule has 5 rings (SSSR count). The first-order valence-corrected chi connectivity index (χ1v) is 11.5. The lowest BCUT2D eigenvalue weighted by Gasteiger charge is -2.17. The van der Waals surface area contributed by atoms with Crippen LogP contribution in [0.4, 0.5) is 11.6 Å². The van der Waals surface area contributed by atoms with Crippen molar-refractivity contribution in [3.63, 3.8) is 0 Å². The van der Waals surface area contributed by atoms with Gasteiger partial charge in [-0.1, -0.05) is 30.4 Å². The SMILES string of the molecule is [2H]C1([2H])/C=C/C([2H])([2H])OC([2H])([2H])c2cc(ccc2OC([2H])([2H])CN2CCCC2)Nc2nccc(n2)-c2cccc(c2)CO1. The zero-order chi connectivity index (χ0) is 30.9. The molecule has 2 aliphatic rings. The van der Waals surface area contributed by atoms with Gasteiger partial charge in [-0.05, 0) is 61.8 Å². The fourth-order valence-corrected chi connectivity index (χ4v) is 3.81. The molecule has 2 aliphatic heterocycles. The summed E-state index contributed by atoms with van der Waals surface area (Å²) >= 11 is 0. The number of aromatic nitrogens is 2. The number of ether oxygens (including phenoxy) is 3. The summed E-state index contributed by atoms with van der Waals surface area (Å²) in [4.78, 5) is 10.7. The fraction of sp³-hybridized carbons (Fsp3) is 0.357. The molecule has 0 atom stereocenters. The largest absolute Gasteiger partial charge is 0.492 e. The number of rotatable bonds is 4. The molecule has 0 amide bonds. The Hall–Kier alpha value is -3.26. The van der Waals surface area contributed by atoms with Gasteiger partial charge in [0.2, 0.25) is 5.95 Å². The Morgan fingerprint density at radius 2 is 1.94 bits per heavy atom. The Kier molecular flexibility index (Phi) is 5.34. The van der Waals surface area contributed by atoms with Crippen LogP contribution < -0.4 is 10.1 Å². The van der Waals surface area contributed by atoms with E-state index in [4.69, 9.17) is 25.2 Å². The molecular weight excluding hydrogens is 440 g/mol. The van der Waals surface area contributed by atoms with Crippen LogP contribution in [0.15, 0.2) is 66.9 Å². The smallest absolute Gasteiger partial charge is 0.227 e. The van der Waals surface area contributed by atoms with E-state index in [0.29, 0.717) is 16.9 Å². The minimum Gasteiger partial charge on any atom is -0.492 e. The first kappa shape index (κ1) is 15.7. The molecular formula is C28H32N4O3. The second kappa shape index (κ2) is 11.9. The molecule has 3 aromatic rings. The van der Waals surface area contributed by atoms with Gasteiger partial charge in [0, 0.05) is 29.6 Å². The van der Waals surface area contributed by atoms with Gasteiger partial charge in [0.15, 0.2) is 0 Å². The van der Waals surface area contributed by atoms with E-state index < -0.39 is 26.2 Å². The van der Waals surface area contributed by atoms with Crippen molar-refractivity contribution in [3.8, 4) is 17.0 Å². The van der Waals surface area contributed by atoms with Gasteiger partial charge in [0.25, 0.3) is 0 Å². The van der Waals surface area contributed by atoms with Crippen molar-refractivity contribution in [2.75, 3.05) is 44.6 Å². The lowest BCUT2D eigenvalue weighted by Crippen LogP contribution is -2.25. The Balaban J connectivity index is 1.56. The minimum absolute atomic E-state index is 0.0310. The first-order chi connectivity index (χ1) is 20.2. The van der Waals surface area contributed by atoms with E-state index in [-0.39, 0.29) is 30.4 Å². The highest BCUT2D eigenvalue weighted by Gasteiger charge is 2.13. The van der Waals surface area contributed by atoms with E-state index in [2.05, 4.69) is 15.3 Å². The van der Waals surface area contributed by atoms with E-state index in [1.807, 2.05) is 11.0 Å². The van der Waals surface area contributed by atoms with Crippen molar-refractivity contribution in [2.45, 2.75) is 26.0 Å². The standard InChI is InChI=1S/C28H32N4O3/c1-2-13-32(12-1)14-17-35-27-9-8-25-19-24(27)21-34-16-4-3-15-33-20-22-6-5-7-23(18-22)26-10-11-29-28(30-25)31-26/h3-11,18-19H,1-2,12-17,20-21H2,(H,29,30,31)/b4-3+/i15D2,16D2,17D2,21D2. The highest BCUT2D eigenvalue weighted by molar-refractivity contribution is 5.63. The molecule has 2 aromatic carbocycles. The Morgan fingerprint density at radius 1 is 1.06 bits per heavy atom. The summed E-state index contributed by atoms with van der Waals surface area (Å²) < 4.78 is 83.6. The van der Waals surface area contributed by atoms with Crippen molar-refractivity contribution < 1.29 is 25.2 Å². The van der Waals surface area contributed by atoms with Crippen LogP contribution in [-0.2, 0) is 22.6 Å². The topological polar surface area (TPSA) is 68.7 Å². The zero-order valence-corrected chi connectivity index (χ0v) is 19.2. The maximum Gasteiger partial charge on any atom is 0.227 e. The van der Waals surface area contributed by atoms with E-state index in [1.54, 1.807) is 36.5 Å². The predicted molar refractivity (Wildman–Crippen MR) is 137 cm³/mol. The molecule has 0 radical (unpaired) electrons. The van der Waals surface area contributed by atoms with Crippen LogP contribution in [-0.4, -0.2) is 54.2 Å². The summed E-state index contributed by atoms with van der Waals surface area (Å²) in [5.74, 6) is 0.0133. The monoisotopic (exact) mass is 480 g/mol. The Labute approximate surface area is 218 Å². The van der Waals surface area contributed by atoms with Crippen LogP contribution in [0.3, 0.4) is 0 Å². The van der Waals surface area contributed by atoms with Gasteiger partial charge < -0.3 is 19.5 Å². The lowest BCUT2D eigenvalue weighted by molar-refractivity contribution is 0.138. The Bertz CT molecular complexity index is 1480. The summed E-state index contributed by atoms with van der Waals surface area (Å²) in [5.41, 5.74) is 2.00. The zero-order valence-electron chi connectivity index (χ0n) is 27.2. The van der Waals surface area contributed by atoms with Gasteiger partial charge in [-0.15, -0.1) is 0 Å². The first-order valence-electron chi connectivity index (χ1n) is 15.5. The van der Waals surface area contributed by atoms with Crippen molar-refractivity contribution in [1.82, 2.24) is 14.9 Å². The maximum absolute atomic E-state index is 8.70. The van der Waals surface area contributed by atoms with Gasteiger partial charge in [-0.25, -0.2) is 9.97 Å². The molecule has 1 aromatic heterocycles. The van der Waals surface area contributed by atoms with Crippen molar-refractivity contribution >= 4 is 11.6 Å². The number of hydrogen-bond donors (Lipinski definition) is 1. The molecule has 1 fully saturated rings. The van der Waals surface area contributed by atoms with E-state index in [1.165, 1.54) is 12.1 Å². The van der Waals surface area contributed by atoms with Crippen LogP contribution >= 0.6 is 0 Å². The third-order valence-corrected chi connectivity index (χ3v) is 5.54. The number of likely N-dealkylation sites (tertiary alicyclic amines) is 1. The van der Waals surface area contributed by atoms with Gasteiger partial charge in [0.05, 0.1) is 42.9 Å². The maximum atomic E-state index is 8.70. The summed E-state index contributed by atoms with van der Waals surface area (Å²) in [6.45, 7) is -8.94. The molecule has 0 aliphatic carbocycles. The molecule has 7 heteroatoms. The van der Waals surface area contributed by atoms with Crippen LogP contribution in [0, 0.1) is 0 Å². The van der Waals surface area contributed by atoms with Crippen LogP contribution in [0.2, 0.25) is 0 Å². The highest BCUT2D eigenvalue weighted by atomic mass is 16.5. The lowest BCUT2D eigenvalue weighted by atomic mass is 10.1. The third kappa shape index (κ3) is 6.66. The number of anilines is 2. The van der Waals surface area contributed by atoms with E-state index >= 15 is 0 Å². The second-order valence-electron chi connectivity index (χ2n) is 8.09. The molecule has 1 N–H and O–H groups in total. The van der Waals surface area contributed by atoms with Crippen molar-refractivity contribution in [2.24, 2.45) is 0 Å². The quantitative estimate of drug-likeness (QED) is 0.529. The van der Waals surface area contributed by atoms with E-state index in [0.717, 1.165) is 43.6 Å². The molecule has 6 bridgehead atoms. The van der Waals surface area contributed by atoms with Gasteiger partial charge in [-0.2, -0.15) is 0 Å². The molecule has 3 heterocycles. The normalized spacial score (nSPS) is 25.8. The van der Waals surface area contributed by atoms with Gasteiger partial charge >= 0.3 is 0 Å².